The highest BCUT2D eigenvalue weighted by molar-refractivity contribution is 6.04. The van der Waals surface area contributed by atoms with Crippen molar-refractivity contribution in [2.75, 3.05) is 6.54 Å². The summed E-state index contributed by atoms with van der Waals surface area (Å²) in [7, 11) is 0. The van der Waals surface area contributed by atoms with E-state index in [-0.39, 0.29) is 11.2 Å². The van der Waals surface area contributed by atoms with Crippen LogP contribution < -0.4 is 11.3 Å². The van der Waals surface area contributed by atoms with Gasteiger partial charge in [0.25, 0.3) is 11.2 Å². The van der Waals surface area contributed by atoms with Crippen molar-refractivity contribution in [2.24, 2.45) is 5.73 Å². The van der Waals surface area contributed by atoms with Crippen LogP contribution in [0.5, 0.6) is 0 Å². The van der Waals surface area contributed by atoms with Crippen LogP contribution >= 0.6 is 0 Å². The molecule has 0 bridgehead atoms. The van der Waals surface area contributed by atoms with E-state index in [9.17, 15) is 14.9 Å². The molecular weight excluding hydrogens is 286 g/mol. The maximum atomic E-state index is 12.7. The molecule has 3 rings (SSSR count). The Balaban J connectivity index is 2.44. The number of hydrogen-bond donors (Lipinski definition) is 2. The average molecular weight is 301 g/mol. The van der Waals surface area contributed by atoms with E-state index < -0.39 is 4.92 Å². The number of pyridine rings is 1. The van der Waals surface area contributed by atoms with E-state index in [1.807, 2.05) is 0 Å². The highest BCUT2D eigenvalue weighted by atomic mass is 16.6. The second-order valence-corrected chi connectivity index (χ2v) is 5.13. The standard InChI is InChI=1S/C14H15N5O3/c1-8-12-13(17-16-8)10-7-9(19(21)22)3-4-11(10)18(14(12)20)6-2-5-15/h3-4,7H,2,5-6,15H2,1H3,(H,16,17). The summed E-state index contributed by atoms with van der Waals surface area (Å²) in [6.07, 6.45) is 0.647. The molecule has 0 unspecified atom stereocenters. The number of rotatable bonds is 4. The van der Waals surface area contributed by atoms with E-state index >= 15 is 0 Å². The number of H-pyrrole nitrogens is 1. The Kier molecular flexibility index (Phi) is 3.38. The lowest BCUT2D eigenvalue weighted by atomic mass is 10.1. The van der Waals surface area contributed by atoms with E-state index in [2.05, 4.69) is 10.2 Å². The molecule has 0 atom stereocenters. The number of aromatic nitrogens is 3. The number of aryl methyl sites for hydroxylation is 2. The minimum atomic E-state index is -0.458. The van der Waals surface area contributed by atoms with Crippen LogP contribution in [-0.4, -0.2) is 26.2 Å². The smallest absolute Gasteiger partial charge is 0.270 e. The van der Waals surface area contributed by atoms with Crippen molar-refractivity contribution in [1.82, 2.24) is 14.8 Å². The zero-order chi connectivity index (χ0) is 15.9. The first-order chi connectivity index (χ1) is 10.5. The molecule has 3 N–H and O–H groups in total. The molecule has 8 nitrogen and oxygen atoms in total. The van der Waals surface area contributed by atoms with Crippen LogP contribution in [-0.2, 0) is 6.54 Å². The van der Waals surface area contributed by atoms with Crippen LogP contribution in [0.25, 0.3) is 21.8 Å². The van der Waals surface area contributed by atoms with Gasteiger partial charge in [-0.15, -0.1) is 0 Å². The summed E-state index contributed by atoms with van der Waals surface area (Å²) in [5.74, 6) is 0. The molecule has 0 aliphatic rings. The molecule has 8 heteroatoms. The first kappa shape index (κ1) is 14.2. The molecule has 0 aliphatic carbocycles. The summed E-state index contributed by atoms with van der Waals surface area (Å²) in [5.41, 5.74) is 7.09. The van der Waals surface area contributed by atoms with Gasteiger partial charge < -0.3 is 10.3 Å². The number of hydrogen-bond acceptors (Lipinski definition) is 5. The number of nitrogens with zero attached hydrogens (tertiary/aromatic N) is 3. The van der Waals surface area contributed by atoms with Crippen molar-refractivity contribution in [3.05, 3.63) is 44.4 Å². The Morgan fingerprint density at radius 1 is 1.45 bits per heavy atom. The minimum Gasteiger partial charge on any atom is -0.330 e. The fourth-order valence-corrected chi connectivity index (χ4v) is 2.66. The Hall–Kier alpha value is -2.74. The van der Waals surface area contributed by atoms with Gasteiger partial charge in [0.05, 0.1) is 15.8 Å². The molecule has 2 heterocycles. The maximum Gasteiger partial charge on any atom is 0.270 e. The van der Waals surface area contributed by atoms with E-state index in [4.69, 9.17) is 5.73 Å². The summed E-state index contributed by atoms with van der Waals surface area (Å²) < 4.78 is 1.61. The summed E-state index contributed by atoms with van der Waals surface area (Å²) in [6.45, 7) is 2.68. The molecule has 114 valence electrons. The number of nitrogens with two attached hydrogens (primary N) is 1. The summed E-state index contributed by atoms with van der Waals surface area (Å²) >= 11 is 0. The average Bonchev–Trinajstić information content (AvgIpc) is 2.89. The van der Waals surface area contributed by atoms with Crippen molar-refractivity contribution in [1.29, 1.82) is 0 Å². The van der Waals surface area contributed by atoms with Crippen LogP contribution in [0.2, 0.25) is 0 Å². The first-order valence-corrected chi connectivity index (χ1v) is 6.90. The molecule has 0 saturated carbocycles. The van der Waals surface area contributed by atoms with Crippen LogP contribution in [0.3, 0.4) is 0 Å². The molecule has 0 fully saturated rings. The maximum absolute atomic E-state index is 12.7. The second kappa shape index (κ2) is 5.23. The highest BCUT2D eigenvalue weighted by Crippen LogP contribution is 2.26. The molecular formula is C14H15N5O3. The van der Waals surface area contributed by atoms with Gasteiger partial charge in [-0.25, -0.2) is 0 Å². The molecule has 0 amide bonds. The lowest BCUT2D eigenvalue weighted by Gasteiger charge is -2.10. The van der Waals surface area contributed by atoms with E-state index in [0.717, 1.165) is 0 Å². The SMILES string of the molecule is Cc1[nH]nc2c1c(=O)n(CCCN)c1ccc([N+](=O)[O-])cc21. The fourth-order valence-electron chi connectivity index (χ4n) is 2.66. The number of nitrogens with one attached hydrogen (secondary N) is 1. The third-order valence-corrected chi connectivity index (χ3v) is 3.73. The molecule has 0 spiro atoms. The summed E-state index contributed by atoms with van der Waals surface area (Å²) in [4.78, 5) is 23.2. The molecule has 2 aromatic heterocycles. The molecule has 22 heavy (non-hydrogen) atoms. The van der Waals surface area contributed by atoms with Gasteiger partial charge in [0.2, 0.25) is 0 Å². The van der Waals surface area contributed by atoms with Crippen LogP contribution in [0.15, 0.2) is 23.0 Å². The van der Waals surface area contributed by atoms with E-state index in [0.29, 0.717) is 47.0 Å². The molecule has 0 radical (unpaired) electrons. The van der Waals surface area contributed by atoms with Gasteiger partial charge in [-0.3, -0.25) is 20.0 Å². The molecule has 3 aromatic rings. The van der Waals surface area contributed by atoms with Gasteiger partial charge in [-0.05, 0) is 26.0 Å². The second-order valence-electron chi connectivity index (χ2n) is 5.13. The topological polar surface area (TPSA) is 120 Å². The van der Waals surface area contributed by atoms with Crippen LogP contribution in [0.1, 0.15) is 12.1 Å². The summed E-state index contributed by atoms with van der Waals surface area (Å²) in [5, 5.41) is 19.0. The van der Waals surface area contributed by atoms with Crippen molar-refractivity contribution in [3.63, 3.8) is 0 Å². The van der Waals surface area contributed by atoms with E-state index in [1.165, 1.54) is 12.1 Å². The van der Waals surface area contributed by atoms with Gasteiger partial charge >= 0.3 is 0 Å². The van der Waals surface area contributed by atoms with E-state index in [1.54, 1.807) is 17.6 Å². The lowest BCUT2D eigenvalue weighted by Crippen LogP contribution is -2.22. The quantitative estimate of drug-likeness (QED) is 0.558. The first-order valence-electron chi connectivity index (χ1n) is 6.90. The molecule has 1 aromatic carbocycles. The number of aromatic amines is 1. The van der Waals surface area contributed by atoms with Gasteiger partial charge in [0.1, 0.15) is 5.52 Å². The van der Waals surface area contributed by atoms with Gasteiger partial charge in [0.15, 0.2) is 0 Å². The Morgan fingerprint density at radius 3 is 2.91 bits per heavy atom. The lowest BCUT2D eigenvalue weighted by molar-refractivity contribution is -0.384. The predicted molar refractivity (Wildman–Crippen MR) is 82.9 cm³/mol. The Bertz CT molecular complexity index is 941. The minimum absolute atomic E-state index is 0.0292. The largest absolute Gasteiger partial charge is 0.330 e. The third-order valence-electron chi connectivity index (χ3n) is 3.73. The van der Waals surface area contributed by atoms with Crippen molar-refractivity contribution in [3.8, 4) is 0 Å². The number of nitro groups is 1. The van der Waals surface area contributed by atoms with Crippen molar-refractivity contribution < 1.29 is 4.92 Å². The third kappa shape index (κ3) is 2.04. The highest BCUT2D eigenvalue weighted by Gasteiger charge is 2.17. The number of non-ortho nitro benzene ring substituents is 1. The molecule has 0 aliphatic heterocycles. The molecule has 0 saturated heterocycles. The number of nitro benzene ring substituents is 1. The van der Waals surface area contributed by atoms with Gasteiger partial charge in [-0.2, -0.15) is 5.10 Å². The zero-order valence-electron chi connectivity index (χ0n) is 12.0. The predicted octanol–water partition coefficient (Wildman–Crippen LogP) is 1.44. The monoisotopic (exact) mass is 301 g/mol. The van der Waals surface area contributed by atoms with Crippen LogP contribution in [0.4, 0.5) is 5.69 Å². The Labute approximate surface area is 124 Å². The van der Waals surface area contributed by atoms with Crippen molar-refractivity contribution >= 4 is 27.5 Å². The van der Waals surface area contributed by atoms with Gasteiger partial charge in [0, 0.05) is 29.8 Å². The number of benzene rings is 1. The van der Waals surface area contributed by atoms with Crippen molar-refractivity contribution in [2.45, 2.75) is 19.9 Å². The Morgan fingerprint density at radius 2 is 2.23 bits per heavy atom. The fraction of sp³-hybridized carbons (Fsp3) is 0.286. The summed E-state index contributed by atoms with van der Waals surface area (Å²) in [6, 6.07) is 4.44. The van der Waals surface area contributed by atoms with Gasteiger partial charge in [-0.1, -0.05) is 0 Å². The number of fused-ring (bicyclic) bond motifs is 3. The zero-order valence-corrected chi connectivity index (χ0v) is 12.0. The normalized spacial score (nSPS) is 11.4. The van der Waals surface area contributed by atoms with Crippen LogP contribution in [0, 0.1) is 17.0 Å².